The Morgan fingerprint density at radius 1 is 1.24 bits per heavy atom. The number of nitrogens with one attached hydrogen (secondary N) is 2. The summed E-state index contributed by atoms with van der Waals surface area (Å²) in [7, 11) is 0. The molecule has 0 unspecified atom stereocenters. The minimum atomic E-state index is -1.07. The molecule has 0 radical (unpaired) electrons. The molecule has 128 valence electrons. The molecule has 1 aromatic carbocycles. The van der Waals surface area contributed by atoms with Gasteiger partial charge in [-0.25, -0.2) is 14.8 Å². The van der Waals surface area contributed by atoms with Crippen molar-refractivity contribution in [3.63, 3.8) is 0 Å². The lowest BCUT2D eigenvalue weighted by molar-refractivity contribution is -0.123. The maximum Gasteiger partial charge on any atom is 0.357 e. The fourth-order valence-electron chi connectivity index (χ4n) is 2.12. The van der Waals surface area contributed by atoms with Crippen LogP contribution in [0.3, 0.4) is 0 Å². The molecule has 2 N–H and O–H groups in total. The van der Waals surface area contributed by atoms with Crippen LogP contribution in [0.25, 0.3) is 10.9 Å². The van der Waals surface area contributed by atoms with Gasteiger partial charge < -0.3 is 9.72 Å². The van der Waals surface area contributed by atoms with Crippen molar-refractivity contribution in [3.05, 3.63) is 52.4 Å². The Kier molecular flexibility index (Phi) is 4.87. The van der Waals surface area contributed by atoms with Crippen LogP contribution < -0.4 is 5.32 Å². The van der Waals surface area contributed by atoms with Gasteiger partial charge in [0.2, 0.25) is 5.95 Å². The first-order valence-corrected chi connectivity index (χ1v) is 7.97. The van der Waals surface area contributed by atoms with Crippen LogP contribution in [-0.4, -0.2) is 32.9 Å². The number of hydrogen-bond acceptors (Lipinski definition) is 5. The predicted molar refractivity (Wildman–Crippen MR) is 93.9 cm³/mol. The van der Waals surface area contributed by atoms with Gasteiger partial charge in [-0.05, 0) is 31.2 Å². The van der Waals surface area contributed by atoms with Crippen molar-refractivity contribution in [3.8, 4) is 0 Å². The molecule has 7 nitrogen and oxygen atoms in total. The van der Waals surface area contributed by atoms with Crippen molar-refractivity contribution in [2.24, 2.45) is 0 Å². The van der Waals surface area contributed by atoms with E-state index in [0.717, 1.165) is 0 Å². The molecule has 9 heteroatoms. The maximum absolute atomic E-state index is 12.3. The number of halogens is 2. The second-order valence-corrected chi connectivity index (χ2v) is 5.93. The Bertz CT molecular complexity index is 943. The van der Waals surface area contributed by atoms with Crippen LogP contribution >= 0.6 is 23.2 Å². The fraction of sp³-hybridized carbons (Fsp3) is 0.125. The summed E-state index contributed by atoms with van der Waals surface area (Å²) in [5.41, 5.74) is 0.686. The third-order valence-corrected chi connectivity index (χ3v) is 3.98. The van der Waals surface area contributed by atoms with Crippen molar-refractivity contribution in [2.45, 2.75) is 13.0 Å². The van der Waals surface area contributed by atoms with Gasteiger partial charge >= 0.3 is 5.97 Å². The number of esters is 1. The minimum Gasteiger partial charge on any atom is -0.448 e. The maximum atomic E-state index is 12.3. The van der Waals surface area contributed by atoms with Gasteiger partial charge in [-0.1, -0.05) is 23.2 Å². The van der Waals surface area contributed by atoms with E-state index < -0.39 is 18.0 Å². The van der Waals surface area contributed by atoms with Gasteiger partial charge in [-0.15, -0.1) is 0 Å². The largest absolute Gasteiger partial charge is 0.448 e. The quantitative estimate of drug-likeness (QED) is 0.677. The van der Waals surface area contributed by atoms with Gasteiger partial charge in [0.1, 0.15) is 5.69 Å². The summed E-state index contributed by atoms with van der Waals surface area (Å²) in [6.45, 7) is 1.43. The zero-order valence-corrected chi connectivity index (χ0v) is 14.4. The molecule has 0 aliphatic rings. The lowest BCUT2D eigenvalue weighted by Gasteiger charge is -2.12. The number of rotatable bonds is 4. The van der Waals surface area contributed by atoms with Gasteiger partial charge in [0, 0.05) is 28.3 Å². The van der Waals surface area contributed by atoms with Crippen LogP contribution in [0.15, 0.2) is 36.7 Å². The van der Waals surface area contributed by atoms with Gasteiger partial charge in [-0.3, -0.25) is 10.1 Å². The summed E-state index contributed by atoms with van der Waals surface area (Å²) in [5.74, 6) is -1.20. The number of carbonyl (C=O) groups excluding carboxylic acids is 2. The van der Waals surface area contributed by atoms with Gasteiger partial charge in [-0.2, -0.15) is 0 Å². The Morgan fingerprint density at radius 3 is 2.68 bits per heavy atom. The Balaban J connectivity index is 1.73. The average molecular weight is 379 g/mol. The van der Waals surface area contributed by atoms with Gasteiger partial charge in [0.25, 0.3) is 5.91 Å². The molecule has 0 bridgehead atoms. The highest BCUT2D eigenvalue weighted by atomic mass is 35.5. The van der Waals surface area contributed by atoms with E-state index >= 15 is 0 Å². The summed E-state index contributed by atoms with van der Waals surface area (Å²) in [6.07, 6.45) is 1.89. The molecule has 2 aromatic heterocycles. The number of amides is 1. The van der Waals surface area contributed by atoms with Crippen LogP contribution in [0.1, 0.15) is 17.4 Å². The zero-order chi connectivity index (χ0) is 18.0. The van der Waals surface area contributed by atoms with E-state index in [1.165, 1.54) is 19.3 Å². The number of fused-ring (bicyclic) bond motifs is 1. The number of aromatic nitrogens is 3. The predicted octanol–water partition coefficient (Wildman–Crippen LogP) is 3.45. The van der Waals surface area contributed by atoms with Crippen LogP contribution in [0.2, 0.25) is 10.0 Å². The van der Waals surface area contributed by atoms with Crippen molar-refractivity contribution < 1.29 is 14.3 Å². The first-order valence-electron chi connectivity index (χ1n) is 7.21. The molecule has 3 aromatic rings. The molecule has 1 atom stereocenters. The number of aromatic amines is 1. The number of anilines is 1. The molecule has 3 rings (SSSR count). The lowest BCUT2D eigenvalue weighted by Crippen LogP contribution is -2.30. The highest BCUT2D eigenvalue weighted by molar-refractivity contribution is 6.39. The lowest BCUT2D eigenvalue weighted by atomic mass is 10.2. The second-order valence-electron chi connectivity index (χ2n) is 5.11. The molecule has 25 heavy (non-hydrogen) atoms. The number of nitrogens with zero attached hydrogens (tertiary/aromatic N) is 2. The summed E-state index contributed by atoms with van der Waals surface area (Å²) in [5, 5.41) is 3.71. The molecule has 0 aliphatic carbocycles. The number of benzene rings is 1. The molecule has 0 saturated carbocycles. The standard InChI is InChI=1S/C16H12Cl2N4O3/c1-8(14(23)22-16-19-5-2-6-20-16)25-15(24)13-12(18)10-7-9(17)3-4-11(10)21-13/h2-8,21H,1H3,(H,19,20,22,23)/t8-/m0/s1. The van der Waals surface area contributed by atoms with E-state index in [1.807, 2.05) is 0 Å². The summed E-state index contributed by atoms with van der Waals surface area (Å²) < 4.78 is 5.16. The Hall–Kier alpha value is -2.64. The van der Waals surface area contributed by atoms with Crippen molar-refractivity contribution in [1.29, 1.82) is 0 Å². The van der Waals surface area contributed by atoms with E-state index in [4.69, 9.17) is 27.9 Å². The van der Waals surface area contributed by atoms with Gasteiger partial charge in [0.15, 0.2) is 6.10 Å². The third-order valence-electron chi connectivity index (χ3n) is 3.36. The van der Waals surface area contributed by atoms with E-state index in [2.05, 4.69) is 20.3 Å². The molecule has 0 saturated heterocycles. The molecule has 0 aliphatic heterocycles. The number of ether oxygens (including phenoxy) is 1. The van der Waals surface area contributed by atoms with Crippen molar-refractivity contribution >= 4 is 51.9 Å². The zero-order valence-electron chi connectivity index (χ0n) is 12.9. The second kappa shape index (κ2) is 7.08. The van der Waals surface area contributed by atoms with Crippen LogP contribution in [0.5, 0.6) is 0 Å². The van der Waals surface area contributed by atoms with E-state index in [9.17, 15) is 9.59 Å². The average Bonchev–Trinajstić information content (AvgIpc) is 2.92. The highest BCUT2D eigenvalue weighted by Crippen LogP contribution is 2.30. The first kappa shape index (κ1) is 17.2. The topological polar surface area (TPSA) is 97.0 Å². The van der Waals surface area contributed by atoms with E-state index in [0.29, 0.717) is 15.9 Å². The highest BCUT2D eigenvalue weighted by Gasteiger charge is 2.23. The normalized spacial score (nSPS) is 12.0. The van der Waals surface area contributed by atoms with E-state index in [1.54, 1.807) is 24.3 Å². The summed E-state index contributed by atoms with van der Waals surface area (Å²) >= 11 is 12.1. The van der Waals surface area contributed by atoms with Gasteiger partial charge in [0.05, 0.1) is 5.02 Å². The number of H-pyrrole nitrogens is 1. The van der Waals surface area contributed by atoms with Crippen molar-refractivity contribution in [2.75, 3.05) is 5.32 Å². The SMILES string of the molecule is C[C@H](OC(=O)c1[nH]c2ccc(Cl)cc2c1Cl)C(=O)Nc1ncccn1. The van der Waals surface area contributed by atoms with Crippen LogP contribution in [-0.2, 0) is 9.53 Å². The van der Waals surface area contributed by atoms with E-state index in [-0.39, 0.29) is 16.7 Å². The fourth-order valence-corrected chi connectivity index (χ4v) is 2.57. The number of hydrogen-bond donors (Lipinski definition) is 2. The minimum absolute atomic E-state index is 0.0505. The summed E-state index contributed by atoms with van der Waals surface area (Å²) in [6, 6.07) is 6.61. The van der Waals surface area contributed by atoms with Crippen molar-refractivity contribution in [1.82, 2.24) is 15.0 Å². The molecular weight excluding hydrogens is 367 g/mol. The molecule has 0 spiro atoms. The molecular formula is C16H12Cl2N4O3. The summed E-state index contributed by atoms with van der Waals surface area (Å²) in [4.78, 5) is 35.0. The van der Waals surface area contributed by atoms with Crippen LogP contribution in [0, 0.1) is 0 Å². The number of carbonyl (C=O) groups is 2. The smallest absolute Gasteiger partial charge is 0.357 e. The molecule has 1 amide bonds. The Labute approximate surface area is 152 Å². The monoisotopic (exact) mass is 378 g/mol. The third kappa shape index (κ3) is 3.72. The Morgan fingerprint density at radius 2 is 1.96 bits per heavy atom. The molecule has 0 fully saturated rings. The first-order chi connectivity index (χ1) is 12.0. The molecule has 2 heterocycles. The van der Waals surface area contributed by atoms with Crippen LogP contribution in [0.4, 0.5) is 5.95 Å².